The second-order valence-corrected chi connectivity index (χ2v) is 10.4. The van der Waals surface area contributed by atoms with Crippen molar-refractivity contribution in [1.29, 1.82) is 0 Å². The second kappa shape index (κ2) is 9.64. The molecule has 0 aromatic rings. The molecule has 4 atom stereocenters. The molecule has 1 saturated heterocycles. The Hall–Kier alpha value is 0.255. The van der Waals surface area contributed by atoms with Crippen molar-refractivity contribution < 1.29 is 19.5 Å². The third-order valence-corrected chi connectivity index (χ3v) is 8.04. The van der Waals surface area contributed by atoms with Crippen LogP contribution < -0.4 is 0 Å². The Morgan fingerprint density at radius 3 is 1.65 bits per heavy atom. The van der Waals surface area contributed by atoms with Crippen molar-refractivity contribution in [2.75, 3.05) is 6.61 Å². The Bertz CT molecular complexity index is 401. The van der Waals surface area contributed by atoms with Crippen LogP contribution in [0.1, 0.15) is 62.3 Å². The van der Waals surface area contributed by atoms with E-state index < -0.39 is 32.3 Å². The van der Waals surface area contributed by atoms with Crippen molar-refractivity contribution in [2.45, 2.75) is 110 Å². The topological polar surface area (TPSA) is 65.4 Å². The molecule has 0 spiro atoms. The van der Waals surface area contributed by atoms with E-state index in [1.54, 1.807) is 14.8 Å². The summed E-state index contributed by atoms with van der Waals surface area (Å²) in [6.07, 6.45) is -1.47. The Labute approximate surface area is 162 Å². The van der Waals surface area contributed by atoms with Gasteiger partial charge in [-0.25, -0.2) is 9.34 Å². The van der Waals surface area contributed by atoms with E-state index >= 15 is 0 Å². The maximum atomic E-state index is 10.4. The van der Waals surface area contributed by atoms with Gasteiger partial charge >= 0.3 is 0 Å². The summed E-state index contributed by atoms with van der Waals surface area (Å²) < 4.78 is 17.0. The average Bonchev–Trinajstić information content (AvgIpc) is 2.66. The van der Waals surface area contributed by atoms with E-state index in [-0.39, 0.29) is 6.61 Å². The first-order chi connectivity index (χ1) is 11.8. The first kappa shape index (κ1) is 24.3. The van der Waals surface area contributed by atoms with Gasteiger partial charge in [0.25, 0.3) is 0 Å². The lowest BCUT2D eigenvalue weighted by molar-refractivity contribution is -0.0458. The Morgan fingerprint density at radius 1 is 1.00 bits per heavy atom. The molecule has 1 heterocycles. The van der Waals surface area contributed by atoms with E-state index in [1.807, 2.05) is 0 Å². The van der Waals surface area contributed by atoms with Crippen molar-refractivity contribution in [2.24, 2.45) is 0 Å². The molecule has 1 aliphatic heterocycles. The molecule has 0 radical (unpaired) electrons. The molecular formula is C18H40BN2O4P. The molecule has 2 N–H and O–H groups in total. The smallest absolute Gasteiger partial charge is 0.189 e. The molecule has 1 aliphatic rings. The predicted molar refractivity (Wildman–Crippen MR) is 111 cm³/mol. The Morgan fingerprint density at radius 2 is 1.38 bits per heavy atom. The van der Waals surface area contributed by atoms with Crippen molar-refractivity contribution in [3.8, 4) is 0 Å². The van der Waals surface area contributed by atoms with Crippen LogP contribution in [0.3, 0.4) is 0 Å². The van der Waals surface area contributed by atoms with Gasteiger partial charge in [-0.2, -0.15) is 0 Å². The molecule has 0 aromatic heterocycles. The monoisotopic (exact) mass is 390 g/mol. The molecular weight excluding hydrogens is 350 g/mol. The zero-order valence-electron chi connectivity index (χ0n) is 18.3. The molecule has 0 unspecified atom stereocenters. The molecule has 154 valence electrons. The maximum Gasteiger partial charge on any atom is 0.189 e. The summed E-state index contributed by atoms with van der Waals surface area (Å²) in [5.41, 5.74) is -1.25. The highest BCUT2D eigenvalue weighted by molar-refractivity contribution is 7.47. The van der Waals surface area contributed by atoms with Crippen molar-refractivity contribution in [3.63, 3.8) is 0 Å². The molecule has 1 rings (SSSR count). The van der Waals surface area contributed by atoms with Gasteiger partial charge in [-0.05, 0) is 62.3 Å². The lowest BCUT2D eigenvalue weighted by Gasteiger charge is -2.46. The van der Waals surface area contributed by atoms with Crippen LogP contribution in [0.4, 0.5) is 0 Å². The van der Waals surface area contributed by atoms with Gasteiger partial charge in [0, 0.05) is 24.2 Å². The summed E-state index contributed by atoms with van der Waals surface area (Å²) in [7, 11) is 0.755. The minimum Gasteiger partial charge on any atom is -0.387 e. The highest BCUT2D eigenvalue weighted by Crippen LogP contribution is 2.51. The van der Waals surface area contributed by atoms with E-state index in [0.29, 0.717) is 24.2 Å². The van der Waals surface area contributed by atoms with E-state index in [9.17, 15) is 10.2 Å². The van der Waals surface area contributed by atoms with Crippen molar-refractivity contribution in [1.82, 2.24) is 9.34 Å². The first-order valence-electron chi connectivity index (χ1n) is 9.87. The fourth-order valence-corrected chi connectivity index (χ4v) is 5.96. The summed E-state index contributed by atoms with van der Waals surface area (Å²) in [5, 5.41) is 20.8. The van der Waals surface area contributed by atoms with Gasteiger partial charge in [-0.15, -0.1) is 0 Å². The number of rotatable bonds is 9. The number of hydrogen-bond acceptors (Lipinski definition) is 6. The normalized spacial score (nSPS) is 30.3. The van der Waals surface area contributed by atoms with Crippen LogP contribution in [0.25, 0.3) is 0 Å². The summed E-state index contributed by atoms with van der Waals surface area (Å²) in [4.78, 5) is 0. The largest absolute Gasteiger partial charge is 0.387 e. The summed E-state index contributed by atoms with van der Waals surface area (Å²) >= 11 is 0. The summed E-state index contributed by atoms with van der Waals surface area (Å²) in [6, 6.07) is 0.903. The SMILES string of the molecule is B[C@@H]1O[C@H](COP(N(C(C)C)C(C)C)N(C(C)C)C(C)C)[C@@H](O)[C@@]1(C)O. The summed E-state index contributed by atoms with van der Waals surface area (Å²) in [5.74, 6) is 0. The van der Waals surface area contributed by atoms with E-state index in [2.05, 4.69) is 64.7 Å². The zero-order valence-corrected chi connectivity index (χ0v) is 19.2. The van der Waals surface area contributed by atoms with Gasteiger partial charge in [0.15, 0.2) is 8.45 Å². The molecule has 0 aromatic carbocycles. The molecule has 0 bridgehead atoms. The molecule has 8 heteroatoms. The Balaban J connectivity index is 3.03. The van der Waals surface area contributed by atoms with Crippen LogP contribution in [0.5, 0.6) is 0 Å². The average molecular weight is 390 g/mol. The van der Waals surface area contributed by atoms with Crippen LogP contribution in [0.15, 0.2) is 0 Å². The lowest BCUT2D eigenvalue weighted by Crippen LogP contribution is -2.47. The number of ether oxygens (including phenoxy) is 1. The van der Waals surface area contributed by atoms with Crippen LogP contribution in [-0.2, 0) is 9.26 Å². The van der Waals surface area contributed by atoms with Crippen molar-refractivity contribution in [3.05, 3.63) is 0 Å². The van der Waals surface area contributed by atoms with E-state index in [0.717, 1.165) is 0 Å². The minimum absolute atomic E-state index is 0.263. The molecule has 0 saturated carbocycles. The van der Waals surface area contributed by atoms with Gasteiger partial charge in [-0.3, -0.25) is 0 Å². The molecule has 1 fully saturated rings. The number of aliphatic hydroxyl groups excluding tert-OH is 1. The fourth-order valence-electron chi connectivity index (χ4n) is 3.60. The van der Waals surface area contributed by atoms with Crippen LogP contribution in [0.2, 0.25) is 0 Å². The second-order valence-electron chi connectivity index (χ2n) is 8.67. The van der Waals surface area contributed by atoms with E-state index in [1.165, 1.54) is 0 Å². The molecule has 0 amide bonds. The zero-order chi connectivity index (χ0) is 20.4. The highest BCUT2D eigenvalue weighted by Gasteiger charge is 2.50. The van der Waals surface area contributed by atoms with Gasteiger partial charge in [0.2, 0.25) is 0 Å². The maximum absolute atomic E-state index is 10.4. The standard InChI is InChI=1S/C18H40BN2O4P/c1-11(2)20(12(3)4)26(21(13(5)6)14(7)8)24-10-15-16(22)18(9,23)17(19)25-15/h11-17,22-23H,10,19H2,1-9H3/t15-,16-,17-,18-/m1/s1. The third kappa shape index (κ3) is 5.41. The number of nitrogens with zero attached hydrogens (tertiary/aromatic N) is 2. The summed E-state index contributed by atoms with van der Waals surface area (Å²) in [6.45, 7) is 19.4. The van der Waals surface area contributed by atoms with Gasteiger partial charge in [0.05, 0.1) is 12.6 Å². The first-order valence-corrected chi connectivity index (χ1v) is 11.0. The minimum atomic E-state index is -1.25. The van der Waals surface area contributed by atoms with Crippen LogP contribution in [-0.4, -0.2) is 82.0 Å². The van der Waals surface area contributed by atoms with Gasteiger partial charge < -0.3 is 19.5 Å². The number of aliphatic hydroxyl groups is 2. The van der Waals surface area contributed by atoms with Crippen LogP contribution >= 0.6 is 8.45 Å². The molecule has 0 aliphatic carbocycles. The van der Waals surface area contributed by atoms with E-state index in [4.69, 9.17) is 9.26 Å². The quantitative estimate of drug-likeness (QED) is 0.464. The Kier molecular flexibility index (Phi) is 9.01. The third-order valence-electron chi connectivity index (χ3n) is 5.02. The highest BCUT2D eigenvalue weighted by atomic mass is 31.2. The van der Waals surface area contributed by atoms with Crippen LogP contribution in [0, 0.1) is 0 Å². The number of hydrogen-bond donors (Lipinski definition) is 2. The predicted octanol–water partition coefficient (Wildman–Crippen LogP) is 1.94. The van der Waals surface area contributed by atoms with Gasteiger partial charge in [-0.1, -0.05) is 0 Å². The molecule has 6 nitrogen and oxygen atoms in total. The lowest BCUT2D eigenvalue weighted by atomic mass is 9.82. The van der Waals surface area contributed by atoms with Gasteiger partial charge in [0.1, 0.15) is 25.7 Å². The fraction of sp³-hybridized carbons (Fsp3) is 1.00. The van der Waals surface area contributed by atoms with Crippen molar-refractivity contribution >= 4 is 16.3 Å². The molecule has 26 heavy (non-hydrogen) atoms.